The van der Waals surface area contributed by atoms with Crippen molar-refractivity contribution in [3.63, 3.8) is 0 Å². The molecule has 0 aliphatic heterocycles. The van der Waals surface area contributed by atoms with Crippen LogP contribution in [0, 0.1) is 27.7 Å². The van der Waals surface area contributed by atoms with Crippen molar-refractivity contribution in [3.8, 4) is 5.75 Å². The van der Waals surface area contributed by atoms with Gasteiger partial charge < -0.3 is 21.3 Å². The Hall–Kier alpha value is -2.47. The van der Waals surface area contributed by atoms with Crippen LogP contribution in [0.1, 0.15) is 22.3 Å². The highest BCUT2D eigenvalue weighted by Crippen LogP contribution is 2.42. The van der Waals surface area contributed by atoms with Crippen LogP contribution in [0.3, 0.4) is 0 Å². The van der Waals surface area contributed by atoms with Crippen molar-refractivity contribution >= 4 is 40.8 Å². The van der Waals surface area contributed by atoms with E-state index in [1.165, 1.54) is 44.2 Å². The summed E-state index contributed by atoms with van der Waals surface area (Å²) < 4.78 is 42.4. The van der Waals surface area contributed by atoms with E-state index in [0.29, 0.717) is 0 Å². The van der Waals surface area contributed by atoms with Gasteiger partial charge in [-0.3, -0.25) is 0 Å². The highest BCUT2D eigenvalue weighted by molar-refractivity contribution is 6.50. The van der Waals surface area contributed by atoms with E-state index in [1.54, 1.807) is 0 Å². The van der Waals surface area contributed by atoms with Crippen molar-refractivity contribution in [2.45, 2.75) is 27.7 Å². The third kappa shape index (κ3) is 4.59. The molecule has 1 heterocycles. The number of aryl methyl sites for hydroxylation is 4. The molecule has 0 aliphatic carbocycles. The quantitative estimate of drug-likeness (QED) is 0.164. The fourth-order valence-corrected chi connectivity index (χ4v) is 3.89. The Morgan fingerprint density at radius 3 is 1.45 bits per heavy atom. The maximum absolute atomic E-state index is 9.75. The molecule has 0 atom stereocenters. The van der Waals surface area contributed by atoms with Crippen molar-refractivity contribution in [2.24, 2.45) is 0 Å². The van der Waals surface area contributed by atoms with Crippen LogP contribution >= 0.6 is 11.6 Å². The largest absolute Gasteiger partial charge is 0.673 e. The van der Waals surface area contributed by atoms with Gasteiger partial charge in [0.15, 0.2) is 0 Å². The third-order valence-corrected chi connectivity index (χ3v) is 4.84. The molecule has 0 radical (unpaired) electrons. The van der Waals surface area contributed by atoms with Crippen molar-refractivity contribution in [1.82, 2.24) is 0 Å². The van der Waals surface area contributed by atoms with Gasteiger partial charge in [0.25, 0.3) is 16.9 Å². The molecule has 0 fully saturated rings. The summed E-state index contributed by atoms with van der Waals surface area (Å²) in [5, 5.41) is 3.32. The summed E-state index contributed by atoms with van der Waals surface area (Å²) in [5.74, 6) is 1.07. The fraction of sp³-hybridized carbons (Fsp3) is 0.182. The average Bonchev–Trinajstić information content (AvgIpc) is 2.89. The summed E-state index contributed by atoms with van der Waals surface area (Å²) in [7, 11) is -6.00. The summed E-state index contributed by atoms with van der Waals surface area (Å²) in [6, 6.07) is 17.0. The van der Waals surface area contributed by atoms with E-state index < -0.39 is 7.25 Å². The van der Waals surface area contributed by atoms with Crippen molar-refractivity contribution in [3.05, 3.63) is 75.8 Å². The maximum Gasteiger partial charge on any atom is 0.673 e. The molecule has 0 spiro atoms. The normalized spacial score (nSPS) is 11.6. The standard InChI is InChI=1S/C22H20ClO.BF4/c1-13-9-15(3)21-19(11-13)20-12-14(2)10-16(4)22(20)24(21)18-7-5-17(23)6-8-18;2-1(3,4)5/h5-12H,1-4H3;/q+1;-1. The number of benzene rings is 3. The van der Waals surface area contributed by atoms with Crippen LogP contribution in [-0.2, 0) is 0 Å². The number of rotatable bonds is 1. The van der Waals surface area contributed by atoms with Crippen molar-refractivity contribution in [2.75, 3.05) is 0 Å². The Morgan fingerprint density at radius 1 is 0.690 bits per heavy atom. The van der Waals surface area contributed by atoms with Crippen molar-refractivity contribution in [1.29, 1.82) is 0 Å². The van der Waals surface area contributed by atoms with Gasteiger partial charge in [0.1, 0.15) is 0 Å². The molecule has 1 aromatic heterocycles. The zero-order valence-corrected chi connectivity index (χ0v) is 17.3. The number of hydrogen-bond acceptors (Lipinski definition) is 0. The van der Waals surface area contributed by atoms with Crippen LogP contribution in [0.15, 0.2) is 52.6 Å². The van der Waals surface area contributed by atoms with Gasteiger partial charge in [-0.2, -0.15) is 0 Å². The van der Waals surface area contributed by atoms with E-state index >= 15 is 0 Å². The van der Waals surface area contributed by atoms with Gasteiger partial charge in [0.2, 0.25) is 0 Å². The molecule has 0 aliphatic rings. The maximum atomic E-state index is 9.75. The monoisotopic (exact) mass is 422 g/mol. The molecule has 0 amide bonds. The highest BCUT2D eigenvalue weighted by atomic mass is 35.5. The van der Waals surface area contributed by atoms with E-state index in [4.69, 9.17) is 11.6 Å². The molecular weight excluding hydrogens is 402 g/mol. The van der Waals surface area contributed by atoms with E-state index in [0.717, 1.165) is 10.8 Å². The summed E-state index contributed by atoms with van der Waals surface area (Å²) >= 11 is 6.10. The van der Waals surface area contributed by atoms with E-state index in [1.807, 2.05) is 12.1 Å². The van der Waals surface area contributed by atoms with Crippen LogP contribution in [0.5, 0.6) is 0 Å². The number of fused-ring (bicyclic) bond motifs is 3. The minimum atomic E-state index is -6.00. The van der Waals surface area contributed by atoms with Crippen LogP contribution in [0.25, 0.3) is 27.7 Å². The Balaban J connectivity index is 0.000000431. The number of halogens is 5. The minimum Gasteiger partial charge on any atom is -0.498 e. The van der Waals surface area contributed by atoms with Crippen LogP contribution in [0.2, 0.25) is 5.02 Å². The smallest absolute Gasteiger partial charge is 0.498 e. The summed E-state index contributed by atoms with van der Waals surface area (Å²) in [6.45, 7) is 8.67. The lowest BCUT2D eigenvalue weighted by Gasteiger charge is -2.07. The van der Waals surface area contributed by atoms with E-state index in [-0.39, 0.29) is 0 Å². The zero-order valence-electron chi connectivity index (χ0n) is 16.5. The average molecular weight is 423 g/mol. The predicted molar refractivity (Wildman–Crippen MR) is 114 cm³/mol. The first-order valence-corrected chi connectivity index (χ1v) is 9.43. The molecule has 0 saturated carbocycles. The molecule has 0 unspecified atom stereocenters. The Kier molecular flexibility index (Phi) is 5.68. The van der Waals surface area contributed by atoms with Gasteiger partial charge in [0.05, 0.1) is 10.8 Å². The predicted octanol–water partition coefficient (Wildman–Crippen LogP) is 8.45. The van der Waals surface area contributed by atoms with Gasteiger partial charge >= 0.3 is 7.25 Å². The summed E-state index contributed by atoms with van der Waals surface area (Å²) in [6.07, 6.45) is 0. The second-order valence-electron chi connectivity index (χ2n) is 7.17. The SMILES string of the molecule is Cc1cc(C)c2c(c1)c1cc(C)cc(C)c1[o+]2-c1ccc(Cl)cc1.F[B-](F)(F)F. The van der Waals surface area contributed by atoms with E-state index in [2.05, 4.69) is 68.1 Å². The third-order valence-electron chi connectivity index (χ3n) is 4.59. The summed E-state index contributed by atoms with van der Waals surface area (Å²) in [5.41, 5.74) is 7.50. The summed E-state index contributed by atoms with van der Waals surface area (Å²) in [4.78, 5) is 0. The molecular formula is C22H20BClF4O. The molecule has 4 rings (SSSR count). The first-order valence-electron chi connectivity index (χ1n) is 9.05. The second-order valence-corrected chi connectivity index (χ2v) is 7.61. The molecule has 4 aromatic rings. The van der Waals surface area contributed by atoms with Gasteiger partial charge in [-0.1, -0.05) is 11.6 Å². The first-order chi connectivity index (χ1) is 13.5. The molecule has 7 heteroatoms. The van der Waals surface area contributed by atoms with Gasteiger partial charge in [-0.05, 0) is 75.2 Å². The lowest BCUT2D eigenvalue weighted by atomic mass is 10.0. The van der Waals surface area contributed by atoms with Crippen LogP contribution in [0.4, 0.5) is 17.3 Å². The highest BCUT2D eigenvalue weighted by Gasteiger charge is 2.25. The van der Waals surface area contributed by atoms with Crippen molar-refractivity contribution < 1.29 is 21.3 Å². The topological polar surface area (TPSA) is 2.70 Å². The number of hydrogen-bond donors (Lipinski definition) is 0. The lowest BCUT2D eigenvalue weighted by Crippen LogP contribution is -2.02. The molecule has 0 bridgehead atoms. The molecule has 3 aromatic carbocycles. The van der Waals surface area contributed by atoms with Gasteiger partial charge in [-0.25, -0.2) is 0 Å². The minimum absolute atomic E-state index is 0.750. The molecule has 29 heavy (non-hydrogen) atoms. The zero-order chi connectivity index (χ0) is 21.5. The fourth-order valence-electron chi connectivity index (χ4n) is 3.76. The Morgan fingerprint density at radius 2 is 1.07 bits per heavy atom. The number of furan rings is 1. The Bertz CT molecular complexity index is 1120. The van der Waals surface area contributed by atoms with E-state index in [9.17, 15) is 17.3 Å². The Labute approximate surface area is 171 Å². The molecule has 1 nitrogen and oxygen atoms in total. The first kappa shape index (κ1) is 21.2. The van der Waals surface area contributed by atoms with Gasteiger partial charge in [0, 0.05) is 28.3 Å². The molecule has 0 saturated heterocycles. The van der Waals surface area contributed by atoms with Gasteiger partial charge in [-0.15, -0.1) is 0 Å². The second kappa shape index (κ2) is 7.75. The van der Waals surface area contributed by atoms with Crippen LogP contribution < -0.4 is 0 Å². The molecule has 152 valence electrons. The lowest BCUT2D eigenvalue weighted by molar-refractivity contribution is 0.368. The van der Waals surface area contributed by atoms with Crippen LogP contribution in [-0.4, -0.2) is 7.25 Å². The molecule has 0 N–H and O–H groups in total.